The van der Waals surface area contributed by atoms with Gasteiger partial charge in [-0.3, -0.25) is 4.79 Å². The molecule has 1 aromatic heterocycles. The van der Waals surface area contributed by atoms with Crippen LogP contribution in [0.4, 0.5) is 0 Å². The van der Waals surface area contributed by atoms with Crippen molar-refractivity contribution in [3.8, 4) is 0 Å². The summed E-state index contributed by atoms with van der Waals surface area (Å²) < 4.78 is 6.67. The van der Waals surface area contributed by atoms with E-state index in [1.54, 1.807) is 0 Å². The van der Waals surface area contributed by atoms with Gasteiger partial charge in [0.15, 0.2) is 11.5 Å². The van der Waals surface area contributed by atoms with Crippen molar-refractivity contribution in [2.24, 2.45) is 0 Å². The van der Waals surface area contributed by atoms with E-state index in [-0.39, 0.29) is 5.91 Å². The van der Waals surface area contributed by atoms with Crippen molar-refractivity contribution in [1.82, 2.24) is 10.3 Å². The van der Waals surface area contributed by atoms with Crippen molar-refractivity contribution in [2.75, 3.05) is 0 Å². The number of aryl methyl sites for hydroxylation is 1. The number of amides is 1. The zero-order valence-corrected chi connectivity index (χ0v) is 15.3. The molecule has 4 nitrogen and oxygen atoms in total. The van der Waals surface area contributed by atoms with Crippen LogP contribution in [0.2, 0.25) is 0 Å². The van der Waals surface area contributed by atoms with Gasteiger partial charge in [-0.1, -0.05) is 40.2 Å². The number of benzene rings is 2. The number of nitrogens with zero attached hydrogens (tertiary/aromatic N) is 1. The van der Waals surface area contributed by atoms with Gasteiger partial charge in [0.05, 0.1) is 5.54 Å². The van der Waals surface area contributed by atoms with Gasteiger partial charge in [0.2, 0.25) is 5.91 Å². The third-order valence-corrected chi connectivity index (χ3v) is 4.45. The second-order valence-electron chi connectivity index (χ2n) is 6.26. The van der Waals surface area contributed by atoms with Gasteiger partial charge in [0.1, 0.15) is 5.52 Å². The average Bonchev–Trinajstić information content (AvgIpc) is 2.96. The molecule has 1 amide bonds. The van der Waals surface area contributed by atoms with Crippen molar-refractivity contribution >= 4 is 32.9 Å². The Hall–Kier alpha value is -2.14. The second kappa shape index (κ2) is 6.77. The third kappa shape index (κ3) is 3.85. The lowest BCUT2D eigenvalue weighted by atomic mass is 9.94. The van der Waals surface area contributed by atoms with E-state index in [4.69, 9.17) is 4.42 Å². The van der Waals surface area contributed by atoms with Gasteiger partial charge in [-0.2, -0.15) is 0 Å². The minimum absolute atomic E-state index is 0.0230. The molecular weight excluding hydrogens is 368 g/mol. The lowest BCUT2D eigenvalue weighted by molar-refractivity contribution is -0.122. The Morgan fingerprint density at radius 3 is 2.58 bits per heavy atom. The minimum Gasteiger partial charge on any atom is -0.441 e. The largest absolute Gasteiger partial charge is 0.441 e. The molecule has 3 aromatic rings. The first-order chi connectivity index (χ1) is 11.4. The number of nitrogens with one attached hydrogen (secondary N) is 1. The predicted octanol–water partition coefficient (Wildman–Crippen LogP) is 4.57. The van der Waals surface area contributed by atoms with Gasteiger partial charge in [-0.25, -0.2) is 4.98 Å². The number of hydrogen-bond donors (Lipinski definition) is 1. The number of carbonyl (C=O) groups excluding carboxylic acids is 1. The fraction of sp³-hybridized carbons (Fsp3) is 0.263. The summed E-state index contributed by atoms with van der Waals surface area (Å²) in [6.45, 7) is 3.99. The summed E-state index contributed by atoms with van der Waals surface area (Å²) in [7, 11) is 0. The van der Waals surface area contributed by atoms with E-state index in [1.165, 1.54) is 0 Å². The van der Waals surface area contributed by atoms with E-state index in [0.717, 1.165) is 21.1 Å². The van der Waals surface area contributed by atoms with Crippen LogP contribution in [0.1, 0.15) is 31.7 Å². The minimum atomic E-state index is -0.431. The standard InChI is InChI=1S/C19H19BrN2O2/c1-19(2,13-7-9-14(20)10-8-13)22-17(23)11-12-18-21-15-5-3-4-6-16(15)24-18/h3-10H,11-12H2,1-2H3,(H,22,23). The van der Waals surface area contributed by atoms with Crippen molar-refractivity contribution < 1.29 is 9.21 Å². The summed E-state index contributed by atoms with van der Waals surface area (Å²) in [5, 5.41) is 3.07. The Morgan fingerprint density at radius 2 is 1.88 bits per heavy atom. The number of fused-ring (bicyclic) bond motifs is 1. The van der Waals surface area contributed by atoms with E-state index in [0.29, 0.717) is 18.7 Å². The maximum Gasteiger partial charge on any atom is 0.221 e. The molecule has 0 saturated carbocycles. The molecule has 0 saturated heterocycles. The van der Waals surface area contributed by atoms with Crippen molar-refractivity contribution in [3.05, 3.63) is 64.5 Å². The Kier molecular flexibility index (Phi) is 4.71. The number of halogens is 1. The molecule has 0 radical (unpaired) electrons. The number of rotatable bonds is 5. The maximum atomic E-state index is 12.3. The molecule has 24 heavy (non-hydrogen) atoms. The molecule has 0 aliphatic heterocycles. The van der Waals surface area contributed by atoms with Crippen molar-refractivity contribution in [2.45, 2.75) is 32.2 Å². The first-order valence-electron chi connectivity index (χ1n) is 7.85. The fourth-order valence-corrected chi connectivity index (χ4v) is 2.86. The van der Waals surface area contributed by atoms with Crippen LogP contribution in [0.3, 0.4) is 0 Å². The molecule has 0 atom stereocenters. The quantitative estimate of drug-likeness (QED) is 0.698. The maximum absolute atomic E-state index is 12.3. The van der Waals surface area contributed by atoms with Crippen LogP contribution in [0, 0.1) is 0 Å². The van der Waals surface area contributed by atoms with Gasteiger partial charge in [-0.05, 0) is 43.7 Å². The molecule has 3 rings (SSSR count). The van der Waals surface area contributed by atoms with Crippen LogP contribution in [0.25, 0.3) is 11.1 Å². The number of hydrogen-bond acceptors (Lipinski definition) is 3. The molecule has 0 unspecified atom stereocenters. The topological polar surface area (TPSA) is 55.1 Å². The van der Waals surface area contributed by atoms with Gasteiger partial charge < -0.3 is 9.73 Å². The van der Waals surface area contributed by atoms with Crippen molar-refractivity contribution in [3.63, 3.8) is 0 Å². The Balaban J connectivity index is 1.61. The van der Waals surface area contributed by atoms with Crippen LogP contribution in [0.5, 0.6) is 0 Å². The van der Waals surface area contributed by atoms with E-state index in [9.17, 15) is 4.79 Å². The summed E-state index contributed by atoms with van der Waals surface area (Å²) in [6, 6.07) is 15.6. The number of para-hydroxylation sites is 2. The predicted molar refractivity (Wildman–Crippen MR) is 97.6 cm³/mol. The lowest BCUT2D eigenvalue weighted by Gasteiger charge is -2.27. The Labute approximate surface area is 149 Å². The summed E-state index contributed by atoms with van der Waals surface area (Å²) in [5.41, 5.74) is 2.20. The highest BCUT2D eigenvalue weighted by molar-refractivity contribution is 9.10. The van der Waals surface area contributed by atoms with Crippen LogP contribution in [-0.2, 0) is 16.8 Å². The summed E-state index contributed by atoms with van der Waals surface area (Å²) in [4.78, 5) is 16.7. The Bertz CT molecular complexity index is 820. The first-order valence-corrected chi connectivity index (χ1v) is 8.65. The highest BCUT2D eigenvalue weighted by Crippen LogP contribution is 2.22. The van der Waals surface area contributed by atoms with Crippen LogP contribution < -0.4 is 5.32 Å². The molecule has 0 bridgehead atoms. The van der Waals surface area contributed by atoms with E-state index in [1.807, 2.05) is 62.4 Å². The summed E-state index contributed by atoms with van der Waals surface area (Å²) >= 11 is 3.42. The normalized spacial score (nSPS) is 11.6. The zero-order valence-electron chi connectivity index (χ0n) is 13.7. The van der Waals surface area contributed by atoms with Crippen molar-refractivity contribution in [1.29, 1.82) is 0 Å². The molecule has 1 heterocycles. The Morgan fingerprint density at radius 1 is 1.17 bits per heavy atom. The van der Waals surface area contributed by atoms with E-state index < -0.39 is 5.54 Å². The molecule has 1 N–H and O–H groups in total. The number of aromatic nitrogens is 1. The van der Waals surface area contributed by atoms with Crippen LogP contribution in [-0.4, -0.2) is 10.9 Å². The molecule has 0 spiro atoms. The summed E-state index contributed by atoms with van der Waals surface area (Å²) in [5.74, 6) is 0.568. The molecule has 0 aliphatic rings. The molecule has 5 heteroatoms. The lowest BCUT2D eigenvalue weighted by Crippen LogP contribution is -2.41. The SMILES string of the molecule is CC(C)(NC(=O)CCc1nc2ccccc2o1)c1ccc(Br)cc1. The molecule has 124 valence electrons. The van der Waals surface area contributed by atoms with Gasteiger partial charge >= 0.3 is 0 Å². The molecule has 2 aromatic carbocycles. The van der Waals surface area contributed by atoms with E-state index in [2.05, 4.69) is 26.2 Å². The van der Waals surface area contributed by atoms with E-state index >= 15 is 0 Å². The average molecular weight is 387 g/mol. The second-order valence-corrected chi connectivity index (χ2v) is 7.17. The number of oxazole rings is 1. The van der Waals surface area contributed by atoms with Crippen LogP contribution in [0.15, 0.2) is 57.4 Å². The molecular formula is C19H19BrN2O2. The molecule has 0 fully saturated rings. The molecule has 0 aliphatic carbocycles. The van der Waals surface area contributed by atoms with Crippen LogP contribution >= 0.6 is 15.9 Å². The highest BCUT2D eigenvalue weighted by Gasteiger charge is 2.22. The van der Waals surface area contributed by atoms with Gasteiger partial charge in [0, 0.05) is 17.3 Å². The zero-order chi connectivity index (χ0) is 17.2. The third-order valence-electron chi connectivity index (χ3n) is 3.92. The van der Waals surface area contributed by atoms with Gasteiger partial charge in [0.25, 0.3) is 0 Å². The number of carbonyl (C=O) groups is 1. The highest BCUT2D eigenvalue weighted by atomic mass is 79.9. The monoisotopic (exact) mass is 386 g/mol. The fourth-order valence-electron chi connectivity index (χ4n) is 2.60. The summed E-state index contributed by atoms with van der Waals surface area (Å²) in [6.07, 6.45) is 0.823. The van der Waals surface area contributed by atoms with Gasteiger partial charge in [-0.15, -0.1) is 0 Å². The first kappa shape index (κ1) is 16.7. The smallest absolute Gasteiger partial charge is 0.221 e.